The number of rotatable bonds is 11. The molecule has 1 saturated heterocycles. The zero-order valence-electron chi connectivity index (χ0n) is 14.2. The SMILES string of the molecule is CC(O)C(OC(CO)CO)OC1COC(OCC(N)C(=O)O)C(O)C1O. The Kier molecular flexibility index (Phi) is 9.81. The van der Waals surface area contributed by atoms with E-state index < -0.39 is 74.9 Å². The summed E-state index contributed by atoms with van der Waals surface area (Å²) >= 11 is 0. The van der Waals surface area contributed by atoms with Crippen LogP contribution in [0.15, 0.2) is 0 Å². The summed E-state index contributed by atoms with van der Waals surface area (Å²) in [5, 5.41) is 56.6. The van der Waals surface area contributed by atoms with Crippen molar-refractivity contribution < 1.29 is 54.4 Å². The lowest BCUT2D eigenvalue weighted by atomic mass is 10.1. The molecule has 26 heavy (non-hydrogen) atoms. The van der Waals surface area contributed by atoms with E-state index in [9.17, 15) is 20.1 Å². The van der Waals surface area contributed by atoms with E-state index in [2.05, 4.69) is 0 Å². The Balaban J connectivity index is 2.60. The van der Waals surface area contributed by atoms with Crippen LogP contribution in [0.5, 0.6) is 0 Å². The van der Waals surface area contributed by atoms with Gasteiger partial charge in [0.15, 0.2) is 12.6 Å². The Bertz CT molecular complexity index is 420. The van der Waals surface area contributed by atoms with Crippen LogP contribution in [0.25, 0.3) is 0 Å². The molecule has 7 atom stereocenters. The van der Waals surface area contributed by atoms with Gasteiger partial charge in [0, 0.05) is 0 Å². The van der Waals surface area contributed by atoms with Crippen LogP contribution in [0.3, 0.4) is 0 Å². The maximum absolute atomic E-state index is 10.6. The summed E-state index contributed by atoms with van der Waals surface area (Å²) in [6.07, 6.45) is -9.00. The molecule has 12 heteroatoms. The number of ether oxygens (including phenoxy) is 4. The Morgan fingerprint density at radius 3 is 2.38 bits per heavy atom. The molecule has 154 valence electrons. The van der Waals surface area contributed by atoms with Crippen molar-refractivity contribution in [1.82, 2.24) is 0 Å². The molecular formula is C14H27NO11. The van der Waals surface area contributed by atoms with Gasteiger partial charge in [-0.3, -0.25) is 4.79 Å². The first kappa shape index (κ1) is 23.1. The monoisotopic (exact) mass is 385 g/mol. The standard InChI is InChI=1S/C14H27NO11/c1-6(18)13(25-7(2-16)3-17)26-9-5-24-14(11(20)10(9)19)23-4-8(15)12(21)22/h6-11,13-14,16-20H,2-5,15H2,1H3,(H,21,22). The number of aliphatic hydroxyl groups excluding tert-OH is 5. The number of hydrogen-bond acceptors (Lipinski definition) is 11. The number of carboxylic acid groups (broad SMARTS) is 1. The van der Waals surface area contributed by atoms with E-state index in [4.69, 9.17) is 40.0 Å². The van der Waals surface area contributed by atoms with Gasteiger partial charge in [-0.15, -0.1) is 0 Å². The van der Waals surface area contributed by atoms with Gasteiger partial charge in [-0.05, 0) is 6.92 Å². The number of carboxylic acids is 1. The van der Waals surface area contributed by atoms with Gasteiger partial charge in [0.05, 0.1) is 26.4 Å². The predicted octanol–water partition coefficient (Wildman–Crippen LogP) is -4.05. The number of aliphatic hydroxyl groups is 5. The summed E-state index contributed by atoms with van der Waals surface area (Å²) in [6.45, 7) is -0.406. The van der Waals surface area contributed by atoms with Crippen LogP contribution in [0.4, 0.5) is 0 Å². The fraction of sp³-hybridized carbons (Fsp3) is 0.929. The summed E-state index contributed by atoms with van der Waals surface area (Å²) in [4.78, 5) is 10.6. The molecule has 1 aliphatic rings. The Morgan fingerprint density at radius 1 is 1.27 bits per heavy atom. The first-order chi connectivity index (χ1) is 12.2. The van der Waals surface area contributed by atoms with Gasteiger partial charge in [-0.2, -0.15) is 0 Å². The van der Waals surface area contributed by atoms with Gasteiger partial charge in [-0.1, -0.05) is 0 Å². The van der Waals surface area contributed by atoms with Crippen molar-refractivity contribution in [1.29, 1.82) is 0 Å². The van der Waals surface area contributed by atoms with E-state index in [1.807, 2.05) is 0 Å². The molecule has 7 unspecified atom stereocenters. The van der Waals surface area contributed by atoms with E-state index in [1.54, 1.807) is 0 Å². The highest BCUT2D eigenvalue weighted by Gasteiger charge is 2.42. The van der Waals surface area contributed by atoms with Crippen LogP contribution in [0.2, 0.25) is 0 Å². The highest BCUT2D eigenvalue weighted by atomic mass is 16.7. The number of carbonyl (C=O) groups is 1. The molecule has 12 nitrogen and oxygen atoms in total. The molecule has 0 radical (unpaired) electrons. The third kappa shape index (κ3) is 6.66. The Hall–Kier alpha value is -0.930. The molecule has 1 rings (SSSR count). The number of nitrogens with two attached hydrogens (primary N) is 1. The minimum absolute atomic E-state index is 0.263. The highest BCUT2D eigenvalue weighted by Crippen LogP contribution is 2.21. The van der Waals surface area contributed by atoms with E-state index in [-0.39, 0.29) is 6.61 Å². The topological polar surface area (TPSA) is 201 Å². The molecule has 0 spiro atoms. The number of aliphatic carboxylic acids is 1. The minimum Gasteiger partial charge on any atom is -0.480 e. The van der Waals surface area contributed by atoms with Crippen molar-refractivity contribution >= 4 is 5.97 Å². The van der Waals surface area contributed by atoms with Crippen molar-refractivity contribution in [3.05, 3.63) is 0 Å². The normalized spacial score (nSPS) is 30.2. The van der Waals surface area contributed by atoms with Gasteiger partial charge < -0.3 is 55.3 Å². The van der Waals surface area contributed by atoms with E-state index in [0.717, 1.165) is 0 Å². The molecule has 0 aromatic heterocycles. The first-order valence-corrected chi connectivity index (χ1v) is 7.99. The maximum Gasteiger partial charge on any atom is 0.322 e. The maximum atomic E-state index is 10.6. The van der Waals surface area contributed by atoms with E-state index >= 15 is 0 Å². The van der Waals surface area contributed by atoms with Crippen molar-refractivity contribution in [3.8, 4) is 0 Å². The molecule has 0 aromatic rings. The third-order valence-electron chi connectivity index (χ3n) is 3.63. The van der Waals surface area contributed by atoms with Gasteiger partial charge in [0.1, 0.15) is 36.6 Å². The quantitative estimate of drug-likeness (QED) is 0.170. The third-order valence-corrected chi connectivity index (χ3v) is 3.63. The summed E-state index contributed by atoms with van der Waals surface area (Å²) < 4.78 is 20.8. The lowest BCUT2D eigenvalue weighted by molar-refractivity contribution is -0.314. The van der Waals surface area contributed by atoms with Gasteiger partial charge in [-0.25, -0.2) is 0 Å². The van der Waals surface area contributed by atoms with Gasteiger partial charge >= 0.3 is 5.97 Å². The zero-order valence-corrected chi connectivity index (χ0v) is 14.2. The molecule has 1 heterocycles. The van der Waals surface area contributed by atoms with E-state index in [1.165, 1.54) is 6.92 Å². The lowest BCUT2D eigenvalue weighted by Gasteiger charge is -2.39. The molecule has 0 aliphatic carbocycles. The molecule has 1 fully saturated rings. The van der Waals surface area contributed by atoms with Crippen molar-refractivity contribution in [3.63, 3.8) is 0 Å². The van der Waals surface area contributed by atoms with Crippen molar-refractivity contribution in [2.75, 3.05) is 26.4 Å². The second-order valence-electron chi connectivity index (χ2n) is 5.87. The smallest absolute Gasteiger partial charge is 0.322 e. The average molecular weight is 385 g/mol. The van der Waals surface area contributed by atoms with Crippen molar-refractivity contribution in [2.45, 2.75) is 56.1 Å². The van der Waals surface area contributed by atoms with Gasteiger partial charge in [0.25, 0.3) is 0 Å². The molecular weight excluding hydrogens is 358 g/mol. The molecule has 1 aliphatic heterocycles. The van der Waals surface area contributed by atoms with Gasteiger partial charge in [0.2, 0.25) is 0 Å². The second kappa shape index (κ2) is 11.0. The molecule has 0 bridgehead atoms. The average Bonchev–Trinajstić information content (AvgIpc) is 2.60. The van der Waals surface area contributed by atoms with Crippen LogP contribution < -0.4 is 5.73 Å². The fourth-order valence-electron chi connectivity index (χ4n) is 2.07. The zero-order chi connectivity index (χ0) is 19.9. The largest absolute Gasteiger partial charge is 0.480 e. The first-order valence-electron chi connectivity index (χ1n) is 7.99. The second-order valence-corrected chi connectivity index (χ2v) is 5.87. The van der Waals surface area contributed by atoms with Crippen LogP contribution in [0.1, 0.15) is 6.92 Å². The molecule has 8 N–H and O–H groups in total. The van der Waals surface area contributed by atoms with Crippen LogP contribution in [-0.2, 0) is 23.7 Å². The Morgan fingerprint density at radius 2 is 1.88 bits per heavy atom. The highest BCUT2D eigenvalue weighted by molar-refractivity contribution is 5.73. The summed E-state index contributed by atoms with van der Waals surface area (Å²) in [5.41, 5.74) is 5.28. The van der Waals surface area contributed by atoms with Crippen LogP contribution in [0, 0.1) is 0 Å². The van der Waals surface area contributed by atoms with Crippen LogP contribution in [-0.4, -0.2) is 112 Å². The lowest BCUT2D eigenvalue weighted by Crippen LogP contribution is -2.57. The minimum atomic E-state index is -1.57. The molecule has 0 aromatic carbocycles. The summed E-state index contributed by atoms with van der Waals surface area (Å²) in [6, 6.07) is -1.32. The molecule has 0 amide bonds. The van der Waals surface area contributed by atoms with E-state index in [0.29, 0.717) is 0 Å². The predicted molar refractivity (Wildman–Crippen MR) is 82.7 cm³/mol. The summed E-state index contributed by atoms with van der Waals surface area (Å²) in [5.74, 6) is -1.30. The van der Waals surface area contributed by atoms with Crippen molar-refractivity contribution in [2.24, 2.45) is 5.73 Å². The van der Waals surface area contributed by atoms with Crippen LogP contribution >= 0.6 is 0 Å². The Labute approximate surface area is 149 Å². The fourth-order valence-corrected chi connectivity index (χ4v) is 2.07. The summed E-state index contributed by atoms with van der Waals surface area (Å²) in [7, 11) is 0. The molecule has 0 saturated carbocycles. The number of hydrogen-bond donors (Lipinski definition) is 7.